The molecule has 0 aromatic heterocycles. The lowest BCUT2D eigenvalue weighted by molar-refractivity contribution is -0.141. The summed E-state index contributed by atoms with van der Waals surface area (Å²) in [5.74, 6) is -1.18. The van der Waals surface area contributed by atoms with Crippen molar-refractivity contribution in [2.75, 3.05) is 13.1 Å². The molecule has 1 unspecified atom stereocenters. The van der Waals surface area contributed by atoms with Crippen LogP contribution >= 0.6 is 11.6 Å². The van der Waals surface area contributed by atoms with E-state index in [1.54, 1.807) is 18.2 Å². The van der Waals surface area contributed by atoms with E-state index in [2.05, 4.69) is 5.32 Å². The number of carbonyl (C=O) groups excluding carboxylic acids is 3. The first-order valence-electron chi connectivity index (χ1n) is 9.71. The van der Waals surface area contributed by atoms with Gasteiger partial charge in [-0.1, -0.05) is 35.9 Å². The number of carbonyl (C=O) groups is 3. The van der Waals surface area contributed by atoms with Crippen molar-refractivity contribution in [2.24, 2.45) is 0 Å². The van der Waals surface area contributed by atoms with Crippen molar-refractivity contribution >= 4 is 29.2 Å². The standard InChI is InChI=1S/C22H18ClF3N2O3/c23-16-7-3-5-14-19(16)21(27-20(14)31)10-11-28(12-17(21)29)18(30)9-8-13-4-1-2-6-15(13)22(24,25)26/h1-7H,8-12H2,(H,27,31). The number of benzene rings is 2. The van der Waals surface area contributed by atoms with E-state index in [1.165, 1.54) is 23.1 Å². The molecule has 2 heterocycles. The Bertz CT molecular complexity index is 1090. The van der Waals surface area contributed by atoms with E-state index in [1.807, 2.05) is 0 Å². The van der Waals surface area contributed by atoms with Crippen LogP contribution in [0.2, 0.25) is 5.02 Å². The topological polar surface area (TPSA) is 66.5 Å². The molecule has 0 saturated carbocycles. The molecule has 0 aliphatic carbocycles. The Morgan fingerprint density at radius 1 is 1.13 bits per heavy atom. The van der Waals surface area contributed by atoms with Crippen molar-refractivity contribution in [3.63, 3.8) is 0 Å². The maximum atomic E-state index is 13.1. The zero-order valence-electron chi connectivity index (χ0n) is 16.3. The molecule has 1 saturated heterocycles. The minimum absolute atomic E-state index is 0.0342. The summed E-state index contributed by atoms with van der Waals surface area (Å²) in [7, 11) is 0. The Morgan fingerprint density at radius 2 is 1.87 bits per heavy atom. The van der Waals surface area contributed by atoms with Crippen LogP contribution in [-0.4, -0.2) is 35.6 Å². The van der Waals surface area contributed by atoms with Gasteiger partial charge in [-0.05, 0) is 36.6 Å². The number of aryl methyl sites for hydroxylation is 1. The van der Waals surface area contributed by atoms with Crippen molar-refractivity contribution in [3.8, 4) is 0 Å². The molecule has 162 valence electrons. The highest BCUT2D eigenvalue weighted by Gasteiger charge is 2.52. The number of amides is 2. The van der Waals surface area contributed by atoms with Gasteiger partial charge in [-0.2, -0.15) is 13.2 Å². The number of rotatable bonds is 3. The van der Waals surface area contributed by atoms with Gasteiger partial charge in [0.2, 0.25) is 5.91 Å². The Kier molecular flexibility index (Phi) is 5.29. The highest BCUT2D eigenvalue weighted by molar-refractivity contribution is 6.33. The van der Waals surface area contributed by atoms with E-state index >= 15 is 0 Å². The number of nitrogens with one attached hydrogen (secondary N) is 1. The second kappa shape index (κ2) is 7.67. The number of hydrogen-bond donors (Lipinski definition) is 1. The van der Waals surface area contributed by atoms with E-state index in [0.29, 0.717) is 16.1 Å². The number of Topliss-reactive ketones (excluding diaryl/α,β-unsaturated/α-hetero) is 1. The summed E-state index contributed by atoms with van der Waals surface area (Å²) in [5.41, 5.74) is -1.24. The molecule has 2 aliphatic rings. The molecule has 2 aromatic rings. The Hall–Kier alpha value is -2.87. The van der Waals surface area contributed by atoms with E-state index in [-0.39, 0.29) is 43.7 Å². The van der Waals surface area contributed by atoms with Crippen LogP contribution in [0.4, 0.5) is 13.2 Å². The van der Waals surface area contributed by atoms with Crippen LogP contribution in [0, 0.1) is 0 Å². The predicted octanol–water partition coefficient (Wildman–Crippen LogP) is 3.73. The van der Waals surface area contributed by atoms with Crippen molar-refractivity contribution in [2.45, 2.75) is 31.0 Å². The lowest BCUT2D eigenvalue weighted by atomic mass is 9.80. The van der Waals surface area contributed by atoms with Gasteiger partial charge in [0.15, 0.2) is 5.78 Å². The number of likely N-dealkylation sites (tertiary alicyclic amines) is 1. The van der Waals surface area contributed by atoms with Gasteiger partial charge in [0.1, 0.15) is 5.54 Å². The molecule has 2 amide bonds. The summed E-state index contributed by atoms with van der Waals surface area (Å²) in [6.45, 7) is -0.0683. The summed E-state index contributed by atoms with van der Waals surface area (Å²) in [5, 5.41) is 3.03. The van der Waals surface area contributed by atoms with Crippen LogP contribution < -0.4 is 5.32 Å². The normalized spacial score (nSPS) is 20.7. The summed E-state index contributed by atoms with van der Waals surface area (Å²) in [4.78, 5) is 39.3. The third kappa shape index (κ3) is 3.69. The van der Waals surface area contributed by atoms with Crippen molar-refractivity contribution < 1.29 is 27.6 Å². The second-order valence-corrected chi connectivity index (χ2v) is 8.07. The van der Waals surface area contributed by atoms with Crippen LogP contribution in [0.3, 0.4) is 0 Å². The SMILES string of the molecule is O=C1NC2(CCN(C(=O)CCc3ccccc3C(F)(F)F)CC2=O)c2c(Cl)cccc21. The van der Waals surface area contributed by atoms with Gasteiger partial charge in [0.25, 0.3) is 5.91 Å². The molecule has 1 fully saturated rings. The number of alkyl halides is 3. The van der Waals surface area contributed by atoms with Gasteiger partial charge >= 0.3 is 6.18 Å². The predicted molar refractivity (Wildman–Crippen MR) is 107 cm³/mol. The van der Waals surface area contributed by atoms with Gasteiger partial charge in [0.05, 0.1) is 12.1 Å². The first kappa shape index (κ1) is 21.4. The van der Waals surface area contributed by atoms with Gasteiger partial charge in [-0.15, -0.1) is 0 Å². The molecule has 0 bridgehead atoms. The third-order valence-corrected chi connectivity index (χ3v) is 6.18. The fourth-order valence-electron chi connectivity index (χ4n) is 4.32. The lowest BCUT2D eigenvalue weighted by Gasteiger charge is -2.38. The largest absolute Gasteiger partial charge is 0.416 e. The van der Waals surface area contributed by atoms with Crippen molar-refractivity contribution in [3.05, 3.63) is 69.7 Å². The molecular formula is C22H18ClF3N2O3. The summed E-state index contributed by atoms with van der Waals surface area (Å²) in [6.07, 6.45) is -4.59. The van der Waals surface area contributed by atoms with Crippen LogP contribution in [0.15, 0.2) is 42.5 Å². The molecule has 2 aliphatic heterocycles. The molecule has 5 nitrogen and oxygen atoms in total. The number of fused-ring (bicyclic) bond motifs is 2. The smallest absolute Gasteiger partial charge is 0.335 e. The number of piperidine rings is 1. The number of hydrogen-bond acceptors (Lipinski definition) is 3. The highest BCUT2D eigenvalue weighted by atomic mass is 35.5. The van der Waals surface area contributed by atoms with E-state index in [0.717, 1.165) is 6.07 Å². The minimum atomic E-state index is -4.50. The number of halogens is 4. The zero-order valence-corrected chi connectivity index (χ0v) is 17.0. The summed E-state index contributed by atoms with van der Waals surface area (Å²) < 4.78 is 39.4. The average Bonchev–Trinajstić information content (AvgIpc) is 3.02. The van der Waals surface area contributed by atoms with Crippen molar-refractivity contribution in [1.82, 2.24) is 10.2 Å². The molecular weight excluding hydrogens is 433 g/mol. The maximum Gasteiger partial charge on any atom is 0.416 e. The summed E-state index contributed by atoms with van der Waals surface area (Å²) in [6, 6.07) is 9.95. The monoisotopic (exact) mass is 450 g/mol. The van der Waals surface area contributed by atoms with E-state index < -0.39 is 29.1 Å². The van der Waals surface area contributed by atoms with Gasteiger partial charge in [0, 0.05) is 29.1 Å². The molecule has 31 heavy (non-hydrogen) atoms. The first-order chi connectivity index (χ1) is 14.6. The Morgan fingerprint density at radius 3 is 2.58 bits per heavy atom. The zero-order chi connectivity index (χ0) is 22.4. The van der Waals surface area contributed by atoms with Crippen LogP contribution in [0.1, 0.15) is 39.9 Å². The molecule has 1 N–H and O–H groups in total. The minimum Gasteiger partial charge on any atom is -0.335 e. The van der Waals surface area contributed by atoms with Gasteiger partial charge < -0.3 is 10.2 Å². The molecule has 4 rings (SSSR count). The number of nitrogens with zero attached hydrogens (tertiary/aromatic N) is 1. The van der Waals surface area contributed by atoms with Crippen LogP contribution in [-0.2, 0) is 27.7 Å². The Balaban J connectivity index is 1.47. The molecule has 1 atom stereocenters. The lowest BCUT2D eigenvalue weighted by Crippen LogP contribution is -2.57. The maximum absolute atomic E-state index is 13.1. The highest BCUT2D eigenvalue weighted by Crippen LogP contribution is 2.41. The van der Waals surface area contributed by atoms with Crippen LogP contribution in [0.5, 0.6) is 0 Å². The molecule has 0 radical (unpaired) electrons. The van der Waals surface area contributed by atoms with Crippen LogP contribution in [0.25, 0.3) is 0 Å². The summed E-state index contributed by atoms with van der Waals surface area (Å²) >= 11 is 6.27. The van der Waals surface area contributed by atoms with E-state index in [9.17, 15) is 27.6 Å². The molecule has 1 spiro atoms. The molecule has 2 aromatic carbocycles. The molecule has 9 heteroatoms. The first-order valence-corrected chi connectivity index (χ1v) is 10.1. The third-order valence-electron chi connectivity index (χ3n) is 5.86. The van der Waals surface area contributed by atoms with E-state index in [4.69, 9.17) is 11.6 Å². The number of ketones is 1. The fraction of sp³-hybridized carbons (Fsp3) is 0.318. The van der Waals surface area contributed by atoms with Gasteiger partial charge in [-0.3, -0.25) is 14.4 Å². The fourth-order valence-corrected chi connectivity index (χ4v) is 4.66. The van der Waals surface area contributed by atoms with Crippen molar-refractivity contribution in [1.29, 1.82) is 0 Å². The quantitative estimate of drug-likeness (QED) is 0.775. The average molecular weight is 451 g/mol. The van der Waals surface area contributed by atoms with Gasteiger partial charge in [-0.25, -0.2) is 0 Å². The Labute approximate surface area is 181 Å². The second-order valence-electron chi connectivity index (χ2n) is 7.67.